The van der Waals surface area contributed by atoms with Gasteiger partial charge in [-0.2, -0.15) is 18.3 Å². The molecule has 4 aromatic carbocycles. The fourth-order valence-electron chi connectivity index (χ4n) is 4.64. The van der Waals surface area contributed by atoms with Crippen LogP contribution in [0.25, 0.3) is 22.0 Å². The molecule has 2 N–H and O–H groups in total. The van der Waals surface area contributed by atoms with Gasteiger partial charge in [-0.3, -0.25) is 4.79 Å². The molecule has 1 aromatic heterocycles. The number of amides is 1. The highest BCUT2D eigenvalue weighted by Crippen LogP contribution is 2.35. The van der Waals surface area contributed by atoms with Crippen LogP contribution >= 0.6 is 15.9 Å². The van der Waals surface area contributed by atoms with Crippen molar-refractivity contribution in [2.75, 3.05) is 0 Å². The molecule has 0 radical (unpaired) electrons. The molecule has 0 aliphatic heterocycles. The van der Waals surface area contributed by atoms with Gasteiger partial charge in [0, 0.05) is 26.5 Å². The number of carbonyl (C=O) groups is 2. The molecule has 212 valence electrons. The number of hydrazone groups is 1. The molecule has 5 aromatic rings. The monoisotopic (exact) mass is 633 g/mol. The summed E-state index contributed by atoms with van der Waals surface area (Å²) in [7, 11) is 0. The number of alkyl halides is 3. The summed E-state index contributed by atoms with van der Waals surface area (Å²) in [5, 5.41) is 4.99. The van der Waals surface area contributed by atoms with Crippen LogP contribution in [0.3, 0.4) is 0 Å². The summed E-state index contributed by atoms with van der Waals surface area (Å²) in [6, 6.07) is 22.2. The molecule has 6 nitrogen and oxygen atoms in total. The van der Waals surface area contributed by atoms with Crippen molar-refractivity contribution in [3.8, 4) is 16.9 Å². The first-order chi connectivity index (χ1) is 20.0. The molecule has 0 saturated heterocycles. The van der Waals surface area contributed by atoms with E-state index in [1.807, 2.05) is 56.3 Å². The van der Waals surface area contributed by atoms with Gasteiger partial charge in [0.15, 0.2) is 0 Å². The molecule has 5 rings (SSSR count). The van der Waals surface area contributed by atoms with Crippen LogP contribution in [0, 0.1) is 13.8 Å². The molecule has 0 aliphatic rings. The van der Waals surface area contributed by atoms with E-state index in [1.54, 1.807) is 12.1 Å². The Morgan fingerprint density at radius 3 is 2.45 bits per heavy atom. The number of rotatable bonds is 6. The van der Waals surface area contributed by atoms with Crippen LogP contribution in [0.1, 0.15) is 43.1 Å². The number of hydrogen-bond donors (Lipinski definition) is 2. The van der Waals surface area contributed by atoms with E-state index in [9.17, 15) is 22.8 Å². The van der Waals surface area contributed by atoms with Gasteiger partial charge < -0.3 is 9.72 Å². The van der Waals surface area contributed by atoms with Crippen LogP contribution in [0.4, 0.5) is 13.2 Å². The zero-order valence-corrected chi connectivity index (χ0v) is 23.9. The Balaban J connectivity index is 1.42. The molecular weight excluding hydrogens is 611 g/mol. The van der Waals surface area contributed by atoms with E-state index in [4.69, 9.17) is 4.74 Å². The van der Waals surface area contributed by atoms with Crippen molar-refractivity contribution in [3.63, 3.8) is 0 Å². The smallest absolute Gasteiger partial charge is 0.416 e. The van der Waals surface area contributed by atoms with Crippen LogP contribution in [-0.2, 0) is 6.18 Å². The highest BCUT2D eigenvalue weighted by atomic mass is 79.9. The van der Waals surface area contributed by atoms with Crippen LogP contribution in [0.5, 0.6) is 5.75 Å². The fraction of sp³-hybridized carbons (Fsp3) is 0.0938. The average Bonchev–Trinajstić information content (AvgIpc) is 3.34. The van der Waals surface area contributed by atoms with Gasteiger partial charge in [0.05, 0.1) is 17.3 Å². The summed E-state index contributed by atoms with van der Waals surface area (Å²) >= 11 is 3.34. The molecule has 0 atom stereocenters. The Kier molecular flexibility index (Phi) is 8.00. The van der Waals surface area contributed by atoms with Crippen LogP contribution in [0.2, 0.25) is 0 Å². The maximum atomic E-state index is 13.4. The van der Waals surface area contributed by atoms with Crippen molar-refractivity contribution in [2.24, 2.45) is 5.10 Å². The number of benzene rings is 4. The number of aromatic nitrogens is 1. The van der Waals surface area contributed by atoms with E-state index in [-0.39, 0.29) is 11.3 Å². The van der Waals surface area contributed by atoms with Crippen molar-refractivity contribution in [3.05, 3.63) is 123 Å². The summed E-state index contributed by atoms with van der Waals surface area (Å²) in [5.74, 6) is -1.42. The number of aromatic amines is 1. The minimum atomic E-state index is -4.60. The minimum Gasteiger partial charge on any atom is -0.422 e. The number of nitrogens with zero attached hydrogens (tertiary/aromatic N) is 1. The lowest BCUT2D eigenvalue weighted by molar-refractivity contribution is -0.137. The number of aryl methyl sites for hydroxylation is 2. The number of H-pyrrole nitrogens is 1. The van der Waals surface area contributed by atoms with Crippen molar-refractivity contribution in [1.82, 2.24) is 10.4 Å². The van der Waals surface area contributed by atoms with Gasteiger partial charge in [-0.05, 0) is 67.4 Å². The van der Waals surface area contributed by atoms with E-state index in [2.05, 4.69) is 31.4 Å². The molecule has 0 fully saturated rings. The van der Waals surface area contributed by atoms with Gasteiger partial charge in [0.25, 0.3) is 5.91 Å². The first-order valence-electron chi connectivity index (χ1n) is 12.7. The summed E-state index contributed by atoms with van der Waals surface area (Å²) in [4.78, 5) is 29.3. The Labute approximate surface area is 247 Å². The maximum Gasteiger partial charge on any atom is 0.416 e. The second kappa shape index (κ2) is 11.7. The molecule has 0 saturated carbocycles. The predicted molar refractivity (Wildman–Crippen MR) is 159 cm³/mol. The lowest BCUT2D eigenvalue weighted by atomic mass is 9.99. The summed E-state index contributed by atoms with van der Waals surface area (Å²) in [5.41, 5.74) is 6.42. The molecule has 0 aliphatic carbocycles. The third-order valence-corrected chi connectivity index (χ3v) is 7.00. The van der Waals surface area contributed by atoms with Crippen molar-refractivity contribution >= 4 is 44.9 Å². The van der Waals surface area contributed by atoms with E-state index < -0.39 is 23.6 Å². The second-order valence-corrected chi connectivity index (χ2v) is 10.5. The van der Waals surface area contributed by atoms with E-state index in [0.29, 0.717) is 15.7 Å². The topological polar surface area (TPSA) is 83.6 Å². The van der Waals surface area contributed by atoms with Crippen molar-refractivity contribution < 1.29 is 27.5 Å². The molecule has 1 heterocycles. The van der Waals surface area contributed by atoms with E-state index in [0.717, 1.165) is 51.4 Å². The van der Waals surface area contributed by atoms with Crippen molar-refractivity contribution in [2.45, 2.75) is 20.0 Å². The molecule has 42 heavy (non-hydrogen) atoms. The third-order valence-electron chi connectivity index (χ3n) is 6.51. The number of hydrogen-bond acceptors (Lipinski definition) is 4. The largest absolute Gasteiger partial charge is 0.422 e. The summed E-state index contributed by atoms with van der Waals surface area (Å²) in [6.07, 6.45) is -3.32. The zero-order valence-electron chi connectivity index (χ0n) is 22.3. The third kappa shape index (κ3) is 6.13. The number of fused-ring (bicyclic) bond motifs is 1. The normalized spacial score (nSPS) is 11.7. The van der Waals surface area contributed by atoms with Crippen LogP contribution in [-0.4, -0.2) is 23.1 Å². The van der Waals surface area contributed by atoms with E-state index in [1.165, 1.54) is 18.3 Å². The number of halogens is 4. The highest BCUT2D eigenvalue weighted by Gasteiger charge is 2.31. The van der Waals surface area contributed by atoms with Gasteiger partial charge in [0.2, 0.25) is 0 Å². The summed E-state index contributed by atoms with van der Waals surface area (Å²) in [6.45, 7) is 3.96. The average molecular weight is 634 g/mol. The quantitative estimate of drug-likeness (QED) is 0.0855. The first-order valence-corrected chi connectivity index (χ1v) is 13.5. The Morgan fingerprint density at radius 2 is 1.71 bits per heavy atom. The standard InChI is InChI=1S/C32H23BrF3N3O3/c1-18-13-19(2)28-25(14-18)27(20-7-4-3-5-8-20)29(38-28)30(40)39-37-17-22-16-24(33)11-12-26(22)42-31(41)21-9-6-10-23(15-21)32(34,35)36/h3-17,38H,1-2H3,(H,39,40). The highest BCUT2D eigenvalue weighted by molar-refractivity contribution is 9.10. The molecule has 0 unspecified atom stereocenters. The predicted octanol–water partition coefficient (Wildman–Crippen LogP) is 8.22. The number of carbonyl (C=O) groups excluding carboxylic acids is 2. The van der Waals surface area contributed by atoms with Gasteiger partial charge in [-0.15, -0.1) is 0 Å². The molecule has 0 bridgehead atoms. The van der Waals surface area contributed by atoms with Gasteiger partial charge in [-0.25, -0.2) is 10.2 Å². The van der Waals surface area contributed by atoms with Gasteiger partial charge >= 0.3 is 12.1 Å². The number of esters is 1. The van der Waals surface area contributed by atoms with Crippen LogP contribution < -0.4 is 10.2 Å². The fourth-order valence-corrected chi connectivity index (χ4v) is 5.02. The number of nitrogens with one attached hydrogen (secondary N) is 2. The maximum absolute atomic E-state index is 13.4. The molecular formula is C32H23BrF3N3O3. The lowest BCUT2D eigenvalue weighted by Gasteiger charge is -2.10. The molecule has 1 amide bonds. The van der Waals surface area contributed by atoms with Crippen LogP contribution in [0.15, 0.2) is 94.5 Å². The SMILES string of the molecule is Cc1cc(C)c2[nH]c(C(=O)NN=Cc3cc(Br)ccc3OC(=O)c3cccc(C(F)(F)F)c3)c(-c3ccccc3)c2c1. The zero-order chi connectivity index (χ0) is 30.0. The Hall–Kier alpha value is -4.70. The minimum absolute atomic E-state index is 0.0419. The molecule has 10 heteroatoms. The molecule has 0 spiro atoms. The Morgan fingerprint density at radius 1 is 0.952 bits per heavy atom. The Bertz CT molecular complexity index is 1850. The summed E-state index contributed by atoms with van der Waals surface area (Å²) < 4.78 is 45.3. The second-order valence-electron chi connectivity index (χ2n) is 9.59. The number of ether oxygens (including phenoxy) is 1. The van der Waals surface area contributed by atoms with Gasteiger partial charge in [0.1, 0.15) is 11.4 Å². The lowest BCUT2D eigenvalue weighted by Crippen LogP contribution is -2.19. The van der Waals surface area contributed by atoms with E-state index >= 15 is 0 Å². The van der Waals surface area contributed by atoms with Gasteiger partial charge in [-0.1, -0.05) is 64.0 Å². The first kappa shape index (κ1) is 28.8. The van der Waals surface area contributed by atoms with Crippen molar-refractivity contribution in [1.29, 1.82) is 0 Å².